The zero-order valence-electron chi connectivity index (χ0n) is 10.7. The second-order valence-electron chi connectivity index (χ2n) is 3.64. The van der Waals surface area contributed by atoms with Gasteiger partial charge in [-0.3, -0.25) is 10.9 Å². The summed E-state index contributed by atoms with van der Waals surface area (Å²) in [7, 11) is 0. The number of carbonyl (C=O) groups is 1. The van der Waals surface area contributed by atoms with Gasteiger partial charge in [-0.05, 0) is 30.8 Å². The Morgan fingerprint density at radius 1 is 1.40 bits per heavy atom. The number of rotatable bonds is 3. The molecule has 2 rings (SSSR count). The fourth-order valence-corrected chi connectivity index (χ4v) is 2.21. The Morgan fingerprint density at radius 2 is 2.15 bits per heavy atom. The number of aliphatic imine (C=N–C) groups is 1. The molecule has 0 saturated carbocycles. The van der Waals surface area contributed by atoms with Crippen molar-refractivity contribution >= 4 is 28.6 Å². The van der Waals surface area contributed by atoms with Crippen molar-refractivity contribution in [2.45, 2.75) is 6.92 Å². The average Bonchev–Trinajstić information content (AvgIpc) is 2.89. The highest BCUT2D eigenvalue weighted by atomic mass is 32.2. The minimum atomic E-state index is -0.646. The second-order valence-corrected chi connectivity index (χ2v) is 4.64. The van der Waals surface area contributed by atoms with Gasteiger partial charge >= 0.3 is 5.97 Å². The predicted octanol–water partition coefficient (Wildman–Crippen LogP) is 1.81. The molecule has 1 aliphatic rings. The maximum absolute atomic E-state index is 11.6. The molecular formula is C13H12N4O2S. The molecule has 0 aromatic heterocycles. The van der Waals surface area contributed by atoms with E-state index in [1.807, 2.05) is 36.4 Å². The Bertz CT molecular complexity index is 605. The summed E-state index contributed by atoms with van der Waals surface area (Å²) in [4.78, 5) is 15.9. The Hall–Kier alpha value is -2.46. The molecule has 2 N–H and O–H groups in total. The number of para-hydroxylation sites is 1. The first-order valence-electron chi connectivity index (χ1n) is 5.89. The number of thioether (sulfide) groups is 1. The number of nitriles is 1. The summed E-state index contributed by atoms with van der Waals surface area (Å²) in [5.41, 5.74) is 6.28. The van der Waals surface area contributed by atoms with Crippen molar-refractivity contribution in [1.29, 1.82) is 5.26 Å². The number of carbonyl (C=O) groups excluding carboxylic acids is 1. The van der Waals surface area contributed by atoms with Gasteiger partial charge in [-0.2, -0.15) is 5.26 Å². The third-order valence-corrected chi connectivity index (χ3v) is 3.18. The molecule has 0 atom stereocenters. The number of ether oxygens (including phenoxy) is 1. The van der Waals surface area contributed by atoms with Crippen LogP contribution in [0, 0.1) is 11.3 Å². The van der Waals surface area contributed by atoms with Gasteiger partial charge in [-0.25, -0.2) is 9.79 Å². The van der Waals surface area contributed by atoms with Crippen LogP contribution in [0.3, 0.4) is 0 Å². The number of esters is 1. The third kappa shape index (κ3) is 3.30. The van der Waals surface area contributed by atoms with Crippen LogP contribution in [-0.4, -0.2) is 17.7 Å². The van der Waals surface area contributed by atoms with Crippen molar-refractivity contribution in [2.24, 2.45) is 4.99 Å². The number of hydrazine groups is 1. The fourth-order valence-electron chi connectivity index (χ4n) is 1.43. The first kappa shape index (κ1) is 14.0. The smallest absolute Gasteiger partial charge is 0.351 e. The molecule has 1 heterocycles. The van der Waals surface area contributed by atoms with E-state index in [2.05, 4.69) is 15.8 Å². The molecule has 0 radical (unpaired) electrons. The van der Waals surface area contributed by atoms with E-state index in [4.69, 9.17) is 10.00 Å². The molecule has 1 saturated heterocycles. The highest BCUT2D eigenvalue weighted by Gasteiger charge is 2.23. The lowest BCUT2D eigenvalue weighted by Crippen LogP contribution is -2.26. The van der Waals surface area contributed by atoms with E-state index in [-0.39, 0.29) is 12.2 Å². The summed E-state index contributed by atoms with van der Waals surface area (Å²) in [5, 5.41) is 9.98. The van der Waals surface area contributed by atoms with E-state index in [1.54, 1.807) is 6.92 Å². The molecule has 6 nitrogen and oxygen atoms in total. The summed E-state index contributed by atoms with van der Waals surface area (Å²) in [5.74, 6) is -0.646. The minimum absolute atomic E-state index is 0.0670. The number of benzene rings is 1. The summed E-state index contributed by atoms with van der Waals surface area (Å²) in [6, 6.07) is 11.2. The lowest BCUT2D eigenvalue weighted by atomic mass is 10.3. The molecule has 7 heteroatoms. The van der Waals surface area contributed by atoms with Gasteiger partial charge in [-0.1, -0.05) is 18.2 Å². The van der Waals surface area contributed by atoms with Crippen molar-refractivity contribution in [2.75, 3.05) is 6.61 Å². The van der Waals surface area contributed by atoms with Crippen molar-refractivity contribution < 1.29 is 9.53 Å². The maximum Gasteiger partial charge on any atom is 0.351 e. The van der Waals surface area contributed by atoms with Gasteiger partial charge in [0.25, 0.3) is 0 Å². The molecule has 1 aliphatic heterocycles. The third-order valence-electron chi connectivity index (χ3n) is 2.29. The SMILES string of the molecule is CCOC(=O)/C(C#N)=C1/NNC(=Nc2ccccc2)S1. The van der Waals surface area contributed by atoms with E-state index < -0.39 is 5.97 Å². The van der Waals surface area contributed by atoms with Crippen molar-refractivity contribution in [3.8, 4) is 6.07 Å². The van der Waals surface area contributed by atoms with Crippen molar-refractivity contribution in [3.05, 3.63) is 40.9 Å². The van der Waals surface area contributed by atoms with E-state index in [0.717, 1.165) is 5.69 Å². The molecule has 1 aromatic rings. The summed E-state index contributed by atoms with van der Waals surface area (Å²) in [6.45, 7) is 1.91. The van der Waals surface area contributed by atoms with Crippen LogP contribution in [-0.2, 0) is 9.53 Å². The van der Waals surface area contributed by atoms with Crippen LogP contribution in [0.5, 0.6) is 0 Å². The predicted molar refractivity (Wildman–Crippen MR) is 76.7 cm³/mol. The van der Waals surface area contributed by atoms with E-state index in [0.29, 0.717) is 10.2 Å². The molecule has 0 aliphatic carbocycles. The quantitative estimate of drug-likeness (QED) is 0.501. The lowest BCUT2D eigenvalue weighted by Gasteiger charge is -2.01. The number of nitrogens with one attached hydrogen (secondary N) is 2. The normalized spacial score (nSPS) is 17.9. The van der Waals surface area contributed by atoms with Crippen LogP contribution in [0.2, 0.25) is 0 Å². The van der Waals surface area contributed by atoms with Crippen LogP contribution in [0.4, 0.5) is 5.69 Å². The number of amidine groups is 1. The monoisotopic (exact) mass is 288 g/mol. The largest absolute Gasteiger partial charge is 0.462 e. The van der Waals surface area contributed by atoms with Crippen LogP contribution in [0.25, 0.3) is 0 Å². The van der Waals surface area contributed by atoms with Gasteiger partial charge in [0.15, 0.2) is 10.7 Å². The molecule has 1 fully saturated rings. The van der Waals surface area contributed by atoms with E-state index in [1.165, 1.54) is 11.8 Å². The van der Waals surface area contributed by atoms with Gasteiger partial charge in [-0.15, -0.1) is 0 Å². The lowest BCUT2D eigenvalue weighted by molar-refractivity contribution is -0.138. The Morgan fingerprint density at radius 3 is 2.80 bits per heavy atom. The zero-order chi connectivity index (χ0) is 14.4. The topological polar surface area (TPSA) is 86.5 Å². The minimum Gasteiger partial charge on any atom is -0.462 e. The first-order chi connectivity index (χ1) is 9.74. The summed E-state index contributed by atoms with van der Waals surface area (Å²) >= 11 is 1.18. The summed E-state index contributed by atoms with van der Waals surface area (Å²) in [6.07, 6.45) is 0. The Kier molecular flexibility index (Phi) is 4.63. The number of hydrogen-bond donors (Lipinski definition) is 2. The van der Waals surface area contributed by atoms with E-state index >= 15 is 0 Å². The number of nitrogens with zero attached hydrogens (tertiary/aromatic N) is 2. The van der Waals surface area contributed by atoms with Crippen molar-refractivity contribution in [3.63, 3.8) is 0 Å². The molecule has 1 aromatic carbocycles. The van der Waals surface area contributed by atoms with E-state index in [9.17, 15) is 4.79 Å². The Balaban J connectivity index is 2.17. The second kappa shape index (κ2) is 6.63. The number of hydrogen-bond acceptors (Lipinski definition) is 6. The van der Waals surface area contributed by atoms with Gasteiger partial charge in [0, 0.05) is 0 Å². The molecule has 20 heavy (non-hydrogen) atoms. The van der Waals surface area contributed by atoms with Gasteiger partial charge < -0.3 is 4.74 Å². The van der Waals surface area contributed by atoms with Crippen LogP contribution >= 0.6 is 11.8 Å². The van der Waals surface area contributed by atoms with Crippen LogP contribution < -0.4 is 10.9 Å². The molecule has 0 spiro atoms. The fraction of sp³-hybridized carbons (Fsp3) is 0.154. The molecular weight excluding hydrogens is 276 g/mol. The Labute approximate surface area is 120 Å². The standard InChI is InChI=1S/C13H12N4O2S/c1-2-19-12(18)10(8-14)11-16-17-13(20-11)15-9-6-4-3-5-7-9/h3-7,16H,2H2,1H3,(H,15,17)/b11-10-. The van der Waals surface area contributed by atoms with Gasteiger partial charge in [0.2, 0.25) is 0 Å². The van der Waals surface area contributed by atoms with Gasteiger partial charge in [0.05, 0.1) is 12.3 Å². The maximum atomic E-state index is 11.6. The molecule has 0 unspecified atom stereocenters. The first-order valence-corrected chi connectivity index (χ1v) is 6.71. The van der Waals surface area contributed by atoms with Crippen molar-refractivity contribution in [1.82, 2.24) is 10.9 Å². The zero-order valence-corrected chi connectivity index (χ0v) is 11.5. The highest BCUT2D eigenvalue weighted by Crippen LogP contribution is 2.25. The summed E-state index contributed by atoms with van der Waals surface area (Å²) < 4.78 is 4.82. The molecule has 0 bridgehead atoms. The average molecular weight is 288 g/mol. The highest BCUT2D eigenvalue weighted by molar-refractivity contribution is 8.17. The van der Waals surface area contributed by atoms with Crippen LogP contribution in [0.15, 0.2) is 45.9 Å². The van der Waals surface area contributed by atoms with Gasteiger partial charge in [0.1, 0.15) is 11.1 Å². The molecule has 102 valence electrons. The van der Waals surface area contributed by atoms with Crippen LogP contribution in [0.1, 0.15) is 6.92 Å². The molecule has 0 amide bonds.